The van der Waals surface area contributed by atoms with Gasteiger partial charge in [-0.1, -0.05) is 13.8 Å². The highest BCUT2D eigenvalue weighted by atomic mass is 15.3. The molecule has 0 amide bonds. The first-order valence-electron chi connectivity index (χ1n) is 6.98. The maximum Gasteiger partial charge on any atom is 0.225 e. The Morgan fingerprint density at radius 2 is 1.94 bits per heavy atom. The van der Waals surface area contributed by atoms with Crippen LogP contribution in [0.2, 0.25) is 0 Å². The summed E-state index contributed by atoms with van der Waals surface area (Å²) in [5.74, 6) is 0.912. The molecule has 0 radical (unpaired) electrons. The van der Waals surface area contributed by atoms with Gasteiger partial charge in [-0.15, -0.1) is 0 Å². The Hall–Kier alpha value is -1.16. The minimum Gasteiger partial charge on any atom is -0.341 e. The summed E-state index contributed by atoms with van der Waals surface area (Å²) in [4.78, 5) is 11.6. The SMILES string of the molecule is Cc1cc(CNC(C)C)nc(N2CCCCC2)n1. The number of rotatable bonds is 4. The number of piperidine rings is 1. The molecule has 1 aromatic rings. The third-order valence-electron chi connectivity index (χ3n) is 3.23. The zero-order valence-electron chi connectivity index (χ0n) is 11.7. The molecule has 2 rings (SSSR count). The smallest absolute Gasteiger partial charge is 0.225 e. The maximum absolute atomic E-state index is 4.68. The van der Waals surface area contributed by atoms with Crippen LogP contribution in [-0.2, 0) is 6.54 Å². The summed E-state index contributed by atoms with van der Waals surface area (Å²) in [5.41, 5.74) is 2.16. The lowest BCUT2D eigenvalue weighted by Crippen LogP contribution is -2.31. The Morgan fingerprint density at radius 1 is 1.22 bits per heavy atom. The fourth-order valence-electron chi connectivity index (χ4n) is 2.25. The molecular weight excluding hydrogens is 224 g/mol. The topological polar surface area (TPSA) is 41.1 Å². The lowest BCUT2D eigenvalue weighted by atomic mass is 10.1. The van der Waals surface area contributed by atoms with Crippen LogP contribution in [0.15, 0.2) is 6.07 Å². The summed E-state index contributed by atoms with van der Waals surface area (Å²) in [6.07, 6.45) is 3.86. The average Bonchev–Trinajstić information content (AvgIpc) is 2.37. The van der Waals surface area contributed by atoms with Gasteiger partial charge in [0, 0.05) is 31.4 Å². The Kier molecular flexibility index (Phi) is 4.53. The molecule has 0 spiro atoms. The molecule has 18 heavy (non-hydrogen) atoms. The number of aryl methyl sites for hydroxylation is 1. The van der Waals surface area contributed by atoms with E-state index >= 15 is 0 Å². The molecule has 0 saturated carbocycles. The van der Waals surface area contributed by atoms with E-state index in [-0.39, 0.29) is 0 Å². The van der Waals surface area contributed by atoms with Crippen molar-refractivity contribution in [2.45, 2.75) is 52.6 Å². The summed E-state index contributed by atoms with van der Waals surface area (Å²) in [6, 6.07) is 2.56. The fraction of sp³-hybridized carbons (Fsp3) is 0.714. The summed E-state index contributed by atoms with van der Waals surface area (Å²) in [7, 11) is 0. The standard InChI is InChI=1S/C14H24N4/c1-11(2)15-10-13-9-12(3)16-14(17-13)18-7-5-4-6-8-18/h9,11,15H,4-8,10H2,1-3H3. The van der Waals surface area contributed by atoms with Gasteiger partial charge < -0.3 is 10.2 Å². The van der Waals surface area contributed by atoms with E-state index in [0.717, 1.165) is 37.0 Å². The van der Waals surface area contributed by atoms with Crippen LogP contribution in [0, 0.1) is 6.92 Å². The Balaban J connectivity index is 2.09. The zero-order valence-corrected chi connectivity index (χ0v) is 11.7. The molecule has 0 aliphatic carbocycles. The van der Waals surface area contributed by atoms with Gasteiger partial charge >= 0.3 is 0 Å². The summed E-state index contributed by atoms with van der Waals surface area (Å²) < 4.78 is 0. The molecular formula is C14H24N4. The van der Waals surface area contributed by atoms with E-state index in [9.17, 15) is 0 Å². The molecule has 0 aromatic carbocycles. The molecule has 1 N–H and O–H groups in total. The Bertz CT molecular complexity index is 383. The third kappa shape index (κ3) is 3.67. The van der Waals surface area contributed by atoms with Gasteiger partial charge in [-0.3, -0.25) is 0 Å². The second kappa shape index (κ2) is 6.14. The van der Waals surface area contributed by atoms with Gasteiger partial charge in [0.25, 0.3) is 0 Å². The molecule has 0 atom stereocenters. The van der Waals surface area contributed by atoms with Crippen LogP contribution in [0.1, 0.15) is 44.5 Å². The van der Waals surface area contributed by atoms with E-state index < -0.39 is 0 Å². The number of hydrogen-bond acceptors (Lipinski definition) is 4. The number of hydrogen-bond donors (Lipinski definition) is 1. The molecule has 4 nitrogen and oxygen atoms in total. The summed E-state index contributed by atoms with van der Waals surface area (Å²) >= 11 is 0. The van der Waals surface area contributed by atoms with Crippen LogP contribution in [0.5, 0.6) is 0 Å². The van der Waals surface area contributed by atoms with E-state index in [1.807, 2.05) is 6.92 Å². The van der Waals surface area contributed by atoms with Crippen LogP contribution in [0.25, 0.3) is 0 Å². The zero-order chi connectivity index (χ0) is 13.0. The van der Waals surface area contributed by atoms with Crippen molar-refractivity contribution in [1.29, 1.82) is 0 Å². The second-order valence-electron chi connectivity index (χ2n) is 5.38. The quantitative estimate of drug-likeness (QED) is 0.887. The van der Waals surface area contributed by atoms with Gasteiger partial charge in [0.2, 0.25) is 5.95 Å². The van der Waals surface area contributed by atoms with Gasteiger partial charge in [-0.25, -0.2) is 9.97 Å². The average molecular weight is 248 g/mol. The lowest BCUT2D eigenvalue weighted by molar-refractivity contribution is 0.559. The van der Waals surface area contributed by atoms with Gasteiger partial charge in [-0.2, -0.15) is 0 Å². The van der Waals surface area contributed by atoms with Gasteiger partial charge in [0.1, 0.15) is 0 Å². The third-order valence-corrected chi connectivity index (χ3v) is 3.23. The fourth-order valence-corrected chi connectivity index (χ4v) is 2.25. The summed E-state index contributed by atoms with van der Waals surface area (Å²) in [6.45, 7) is 9.37. The van der Waals surface area contributed by atoms with Crippen molar-refractivity contribution in [3.63, 3.8) is 0 Å². The largest absolute Gasteiger partial charge is 0.341 e. The monoisotopic (exact) mass is 248 g/mol. The molecule has 1 saturated heterocycles. The van der Waals surface area contributed by atoms with Gasteiger partial charge in [0.15, 0.2) is 0 Å². The molecule has 1 fully saturated rings. The van der Waals surface area contributed by atoms with Crippen molar-refractivity contribution >= 4 is 5.95 Å². The molecule has 1 aromatic heterocycles. The van der Waals surface area contributed by atoms with E-state index in [2.05, 4.69) is 40.1 Å². The Morgan fingerprint density at radius 3 is 2.61 bits per heavy atom. The van der Waals surface area contributed by atoms with Crippen molar-refractivity contribution in [2.24, 2.45) is 0 Å². The molecule has 1 aliphatic heterocycles. The van der Waals surface area contributed by atoms with Crippen LogP contribution in [-0.4, -0.2) is 29.1 Å². The van der Waals surface area contributed by atoms with Crippen LogP contribution in [0.4, 0.5) is 5.95 Å². The molecule has 0 unspecified atom stereocenters. The number of aromatic nitrogens is 2. The first kappa shape index (κ1) is 13.3. The van der Waals surface area contributed by atoms with Crippen molar-refractivity contribution in [1.82, 2.24) is 15.3 Å². The van der Waals surface area contributed by atoms with Gasteiger partial charge in [0.05, 0.1) is 5.69 Å². The van der Waals surface area contributed by atoms with Crippen molar-refractivity contribution in [2.75, 3.05) is 18.0 Å². The molecule has 100 valence electrons. The van der Waals surface area contributed by atoms with E-state index in [1.165, 1.54) is 19.3 Å². The molecule has 2 heterocycles. The highest BCUT2D eigenvalue weighted by molar-refractivity contribution is 5.32. The van der Waals surface area contributed by atoms with E-state index in [1.54, 1.807) is 0 Å². The molecule has 1 aliphatic rings. The maximum atomic E-state index is 4.68. The number of anilines is 1. The number of nitrogens with one attached hydrogen (secondary N) is 1. The van der Waals surface area contributed by atoms with Gasteiger partial charge in [-0.05, 0) is 32.3 Å². The van der Waals surface area contributed by atoms with Crippen LogP contribution in [0.3, 0.4) is 0 Å². The van der Waals surface area contributed by atoms with Crippen molar-refractivity contribution in [3.8, 4) is 0 Å². The van der Waals surface area contributed by atoms with E-state index in [4.69, 9.17) is 0 Å². The van der Waals surface area contributed by atoms with Crippen molar-refractivity contribution < 1.29 is 0 Å². The van der Waals surface area contributed by atoms with Crippen LogP contribution < -0.4 is 10.2 Å². The first-order valence-corrected chi connectivity index (χ1v) is 6.98. The highest BCUT2D eigenvalue weighted by Gasteiger charge is 2.14. The first-order chi connectivity index (χ1) is 8.65. The van der Waals surface area contributed by atoms with Crippen molar-refractivity contribution in [3.05, 3.63) is 17.5 Å². The van der Waals surface area contributed by atoms with Crippen LogP contribution >= 0.6 is 0 Å². The second-order valence-corrected chi connectivity index (χ2v) is 5.38. The minimum atomic E-state index is 0.485. The predicted octanol–water partition coefficient (Wildman–Crippen LogP) is 2.27. The predicted molar refractivity (Wildman–Crippen MR) is 74.8 cm³/mol. The van der Waals surface area contributed by atoms with E-state index in [0.29, 0.717) is 6.04 Å². The minimum absolute atomic E-state index is 0.485. The Labute approximate surface area is 110 Å². The molecule has 4 heteroatoms. The molecule has 0 bridgehead atoms. The number of nitrogens with zero attached hydrogens (tertiary/aromatic N) is 3. The normalized spacial score (nSPS) is 16.3. The highest BCUT2D eigenvalue weighted by Crippen LogP contribution is 2.16. The lowest BCUT2D eigenvalue weighted by Gasteiger charge is -2.27. The summed E-state index contributed by atoms with van der Waals surface area (Å²) in [5, 5.41) is 3.41.